The number of hydrogen-bond donors (Lipinski definition) is 18. The Morgan fingerprint density at radius 1 is 0.706 bits per heavy atom. The summed E-state index contributed by atoms with van der Waals surface area (Å²) < 4.78 is 5.27. The van der Waals surface area contributed by atoms with Crippen LogP contribution in [0.3, 0.4) is 0 Å². The number of aliphatic carboxylic acids is 1. The number of aliphatic imine (C=N–C) groups is 1. The second-order valence-corrected chi connectivity index (χ2v) is 20.2. The fourth-order valence-electron chi connectivity index (χ4n) is 8.38. The lowest BCUT2D eigenvalue weighted by Gasteiger charge is -2.28. The second-order valence-electron chi connectivity index (χ2n) is 19.9. The number of hydrogen-bond acceptors (Lipinski definition) is 19. The largest absolute Gasteiger partial charge is 0.479 e. The normalized spacial score (nSPS) is 23.7. The number of carboxylic acid groups (broad SMARTS) is 1. The lowest BCUT2D eigenvalue weighted by molar-refractivity contribution is -0.155. The van der Waals surface area contributed by atoms with Gasteiger partial charge in [0.25, 0.3) is 5.91 Å². The topological polar surface area (TPSA) is 523 Å². The molecule has 1 aliphatic heterocycles. The van der Waals surface area contributed by atoms with Crippen molar-refractivity contribution >= 4 is 82.7 Å². The number of carboxylic acids is 1. The van der Waals surface area contributed by atoms with E-state index in [0.29, 0.717) is 12.0 Å². The van der Waals surface area contributed by atoms with Gasteiger partial charge < -0.3 is 101 Å². The number of benzene rings is 1. The molecule has 1 aromatic rings. The van der Waals surface area contributed by atoms with Gasteiger partial charge >= 0.3 is 11.9 Å². The van der Waals surface area contributed by atoms with E-state index in [2.05, 4.69) is 49.1 Å². The average Bonchev–Trinajstić information content (AvgIpc) is 3.67. The van der Waals surface area contributed by atoms with Gasteiger partial charge in [-0.2, -0.15) is 0 Å². The van der Waals surface area contributed by atoms with Crippen LogP contribution in [0.2, 0.25) is 0 Å². The van der Waals surface area contributed by atoms with E-state index in [-0.39, 0.29) is 64.1 Å². The van der Waals surface area contributed by atoms with Gasteiger partial charge in [-0.1, -0.05) is 88.3 Å². The summed E-state index contributed by atoms with van der Waals surface area (Å²) in [4.78, 5) is 156. The van der Waals surface area contributed by atoms with Crippen LogP contribution in [0.4, 0.5) is 0 Å². The van der Waals surface area contributed by atoms with Gasteiger partial charge in [0.1, 0.15) is 54.6 Å². The summed E-state index contributed by atoms with van der Waals surface area (Å²) in [5.74, 6) is -15.6. The van der Waals surface area contributed by atoms with E-state index in [0.717, 1.165) is 44.6 Å². The smallest absolute Gasteiger partial charge is 0.335 e. The molecule has 1 unspecified atom stereocenters. The molecule has 31 nitrogen and oxygen atoms in total. The van der Waals surface area contributed by atoms with Crippen molar-refractivity contribution in [1.29, 1.82) is 0 Å². The Hall–Kier alpha value is -7.55. The van der Waals surface area contributed by atoms with Crippen LogP contribution >= 0.6 is 11.6 Å². The van der Waals surface area contributed by atoms with Gasteiger partial charge in [0.05, 0.1) is 31.1 Å². The van der Waals surface area contributed by atoms with Crippen molar-refractivity contribution in [2.24, 2.45) is 27.9 Å². The maximum atomic E-state index is 14.3. The van der Waals surface area contributed by atoms with E-state index < -0.39 is 163 Å². The van der Waals surface area contributed by atoms with Gasteiger partial charge in [0.2, 0.25) is 47.3 Å². The number of ether oxygens (including phenoxy) is 1. The summed E-state index contributed by atoms with van der Waals surface area (Å²) in [6.45, 7) is 0.417. The number of guanidine groups is 1. The maximum absolute atomic E-state index is 14.3. The zero-order valence-corrected chi connectivity index (χ0v) is 48.5. The first kappa shape index (κ1) is 73.6. The van der Waals surface area contributed by atoms with E-state index in [9.17, 15) is 78.3 Å². The predicted molar refractivity (Wildman–Crippen MR) is 306 cm³/mol. The van der Waals surface area contributed by atoms with E-state index in [1.807, 2.05) is 10.6 Å². The molecule has 0 aliphatic carbocycles. The van der Waals surface area contributed by atoms with Crippen molar-refractivity contribution in [2.45, 2.75) is 170 Å². The fraction of sp³-hybridized carbons (Fsp3) is 0.623. The maximum Gasteiger partial charge on any atom is 0.335 e. The first-order valence-corrected chi connectivity index (χ1v) is 28.5. The number of unbranched alkanes of at least 4 members (excludes halogenated alkanes) is 6. The Balaban J connectivity index is 2.81. The molecule has 32 heteroatoms. The van der Waals surface area contributed by atoms with E-state index in [4.69, 9.17) is 39.3 Å². The highest BCUT2D eigenvalue weighted by atomic mass is 35.5. The molecule has 2 rings (SSSR count). The molecule has 0 spiro atoms. The molecule has 476 valence electrons. The fourth-order valence-corrected chi connectivity index (χ4v) is 8.55. The summed E-state index contributed by atoms with van der Waals surface area (Å²) in [6.07, 6.45) is -0.182. The van der Waals surface area contributed by atoms with Crippen molar-refractivity contribution in [3.63, 3.8) is 0 Å². The molecule has 1 aliphatic rings. The third kappa shape index (κ3) is 26.9. The highest BCUT2D eigenvalue weighted by Gasteiger charge is 2.40. The van der Waals surface area contributed by atoms with Crippen LogP contribution < -0.4 is 70.8 Å². The summed E-state index contributed by atoms with van der Waals surface area (Å²) in [7, 11) is 0. The Morgan fingerprint density at radius 2 is 1.25 bits per heavy atom. The van der Waals surface area contributed by atoms with Crippen LogP contribution in [0, 0.1) is 0 Å². The Morgan fingerprint density at radius 3 is 1.78 bits per heavy atom. The van der Waals surface area contributed by atoms with Gasteiger partial charge in [-0.25, -0.2) is 9.59 Å². The highest BCUT2D eigenvalue weighted by Crippen LogP contribution is 2.13. The number of aliphatic hydroxyl groups excluding tert-OH is 4. The van der Waals surface area contributed by atoms with Gasteiger partial charge in [-0.05, 0) is 57.7 Å². The number of halogens is 1. The number of amides is 9. The molecule has 0 saturated carbocycles. The van der Waals surface area contributed by atoms with Crippen LogP contribution in [-0.4, -0.2) is 202 Å². The van der Waals surface area contributed by atoms with Crippen molar-refractivity contribution in [3.8, 4) is 0 Å². The number of esters is 1. The second kappa shape index (κ2) is 39.9. The molecule has 1 aromatic carbocycles. The zero-order chi connectivity index (χ0) is 63.6. The number of allylic oxidation sites excluding steroid dienone is 1. The number of nitrogens with one attached hydrogen (secondary N) is 9. The van der Waals surface area contributed by atoms with Gasteiger partial charge in [-0.3, -0.25) is 48.1 Å². The molecule has 11 atom stereocenters. The van der Waals surface area contributed by atoms with Crippen molar-refractivity contribution in [1.82, 2.24) is 47.9 Å². The minimum absolute atomic E-state index is 0.0368. The molecule has 1 saturated heterocycles. The van der Waals surface area contributed by atoms with Crippen molar-refractivity contribution in [3.05, 3.63) is 47.7 Å². The summed E-state index contributed by atoms with van der Waals surface area (Å²) >= 11 is 5.88. The monoisotopic (exact) mass is 1220 g/mol. The molecule has 85 heavy (non-hydrogen) atoms. The van der Waals surface area contributed by atoms with Gasteiger partial charge in [0, 0.05) is 13.0 Å². The average molecular weight is 1230 g/mol. The molecule has 0 bridgehead atoms. The summed E-state index contributed by atoms with van der Waals surface area (Å²) in [6, 6.07) is -6.93. The van der Waals surface area contributed by atoms with E-state index >= 15 is 0 Å². The molecule has 22 N–H and O–H groups in total. The Kier molecular flexibility index (Phi) is 34.5. The number of cyclic esters (lactones) is 1. The minimum atomic E-state index is -2.81. The number of nitrogens with zero attached hydrogens (tertiary/aromatic N) is 1. The number of rotatable bonds is 26. The third-order valence-electron chi connectivity index (χ3n) is 13.1. The quantitative estimate of drug-likeness (QED) is 0.0103. The predicted octanol–water partition coefficient (Wildman–Crippen LogP) is -5.64. The Labute approximate surface area is 496 Å². The zero-order valence-electron chi connectivity index (χ0n) is 47.7. The molecule has 1 heterocycles. The molecular weight excluding hydrogens is 1140 g/mol. The molecule has 1 fully saturated rings. The van der Waals surface area contributed by atoms with Crippen LogP contribution in [0.25, 0.3) is 0 Å². The van der Waals surface area contributed by atoms with Crippen LogP contribution in [0.1, 0.15) is 103 Å². The first-order valence-electron chi connectivity index (χ1n) is 27.9. The number of carbonyl (C=O) groups is 11. The number of carbonyl (C=O) groups excluding carboxylic acids is 10. The van der Waals surface area contributed by atoms with Crippen molar-refractivity contribution < 1.29 is 83.0 Å². The molecule has 0 aromatic heterocycles. The van der Waals surface area contributed by atoms with Gasteiger partial charge in [-0.15, -0.1) is 11.6 Å². The molecule has 0 radical (unpaired) electrons. The number of aliphatic hydroxyl groups is 4. The standard InChI is InChI=1S/C53H85ClN14O17/c1-3-5-6-7-8-9-13-17-30(70)25-39(72)60-37-28-85-52(84)40(38(71)26-54)67-50(81)41(42(73)51(82)83)68-43(74)31(4-2)61-47(78)35(24-29-15-11-10-12-16-29)65-44(75)32(18-14-23-59-53(57)58)62-45(76)33(19-21-55)63-46(77)34(20-22-56)64-48(79)36(27-69)66-49(37)80/h4,10-12,15-16,30,32-38,40-42,69-71,73H,3,5-9,13-14,17-28,55-56H2,1-2H3,(H,60,72)(H,61,78)(H,62,76)(H,63,77)(H,64,79)(H,65,75)(H,66,80)(H,67,81)(H,68,74)(H,82,83)(H4,57,58,59)/b31-4-/t30-,32+,33-,34+,35+,36+,37+,38-,40+,41+,42?/m1/s1. The number of alkyl halides is 1. The molecule has 9 amide bonds. The highest BCUT2D eigenvalue weighted by molar-refractivity contribution is 6.18. The lowest BCUT2D eigenvalue weighted by Crippen LogP contribution is -2.62. The minimum Gasteiger partial charge on any atom is -0.479 e. The number of nitrogens with two attached hydrogens (primary N) is 4. The van der Waals surface area contributed by atoms with Crippen LogP contribution in [-0.2, 0) is 63.9 Å². The van der Waals surface area contributed by atoms with E-state index in [1.54, 1.807) is 30.3 Å². The lowest BCUT2D eigenvalue weighted by atomic mass is 10.0. The summed E-state index contributed by atoms with van der Waals surface area (Å²) in [5.41, 5.74) is 22.4. The SMILES string of the molecule is C/C=C1\NC(=O)[C@H](Cc2ccccc2)NC(=O)[C@H](CCCN=C(N)N)NC(=O)[C@@H](CCN)NC(=O)[C@H](CCN)NC(=O)[C@H](CO)NC(=O)[C@@H](NC(=O)C[C@H](O)CCCCCCCCC)COC(=O)[C@H]([C@H](O)CCl)NC(=O)[C@H](C(O)C(=O)O)NC1=O. The van der Waals surface area contributed by atoms with Crippen LogP contribution in [0.5, 0.6) is 0 Å². The summed E-state index contributed by atoms with van der Waals surface area (Å²) in [5, 5.41) is 73.2. The van der Waals surface area contributed by atoms with Crippen molar-refractivity contribution in [2.75, 3.05) is 38.7 Å². The first-order chi connectivity index (χ1) is 40.4. The third-order valence-corrected chi connectivity index (χ3v) is 13.4. The van der Waals surface area contributed by atoms with Crippen LogP contribution in [0.15, 0.2) is 47.1 Å². The molecular formula is C53H85ClN14O17. The Bertz CT molecular complexity index is 2440. The van der Waals surface area contributed by atoms with Gasteiger partial charge in [0.15, 0.2) is 18.1 Å². The van der Waals surface area contributed by atoms with E-state index in [1.165, 1.54) is 6.92 Å².